The average Bonchev–Trinajstić information content (AvgIpc) is 2.98. The number of nitrogens with zero attached hydrogens (tertiary/aromatic N) is 2. The Morgan fingerprint density at radius 1 is 1.47 bits per heavy atom. The van der Waals surface area contributed by atoms with Crippen LogP contribution in [0.3, 0.4) is 0 Å². The number of thiocarbonyl (C=S) groups is 1. The summed E-state index contributed by atoms with van der Waals surface area (Å²) in [6, 6.07) is -0.322. The molecular weight excluding hydrogens is 260 g/mol. The van der Waals surface area contributed by atoms with Gasteiger partial charge in [0.05, 0.1) is 0 Å². The molecule has 104 valence electrons. The van der Waals surface area contributed by atoms with Crippen molar-refractivity contribution in [3.05, 3.63) is 23.6 Å². The van der Waals surface area contributed by atoms with Gasteiger partial charge in [-0.2, -0.15) is 0 Å². The van der Waals surface area contributed by atoms with Gasteiger partial charge in [-0.15, -0.1) is 0 Å². The zero-order valence-electron chi connectivity index (χ0n) is 11.4. The lowest BCUT2D eigenvalue weighted by Crippen LogP contribution is -2.37. The number of hydrogen-bond donors (Lipinski definition) is 0. The molecule has 0 spiro atoms. The largest absolute Gasteiger partial charge is 0.473 e. The predicted octanol–water partition coefficient (Wildman–Crippen LogP) is 1.73. The molecule has 0 radical (unpaired) electrons. The Hall–Kier alpha value is -1.20. The number of hydrogen-bond acceptors (Lipinski definition) is 5. The van der Waals surface area contributed by atoms with Crippen molar-refractivity contribution in [3.8, 4) is 0 Å². The number of ether oxygens (including phenoxy) is 1. The van der Waals surface area contributed by atoms with Crippen LogP contribution in [0.15, 0.2) is 23.6 Å². The Labute approximate surface area is 119 Å². The molecule has 2 atom stereocenters. The minimum Gasteiger partial charge on any atom is -0.473 e. The monoisotopic (exact) mass is 280 g/mol. The third kappa shape index (κ3) is 2.87. The van der Waals surface area contributed by atoms with Crippen molar-refractivity contribution in [1.29, 1.82) is 0 Å². The molecule has 0 aromatic heterocycles. The standard InChI is InChI=1S/C14H20N2O2S/c1-3-16-12(9-17)13(18-14(16)10-19)7-6-11-5-4-8-15(11)2/h6-7,9-10,12,14H,3-5,8H2,1-2H3. The second-order valence-corrected chi connectivity index (χ2v) is 5.08. The van der Waals surface area contributed by atoms with Crippen molar-refractivity contribution in [2.45, 2.75) is 32.0 Å². The Morgan fingerprint density at radius 2 is 2.26 bits per heavy atom. The van der Waals surface area contributed by atoms with Crippen molar-refractivity contribution >= 4 is 23.9 Å². The van der Waals surface area contributed by atoms with E-state index in [0.717, 1.165) is 25.8 Å². The summed E-state index contributed by atoms with van der Waals surface area (Å²) in [5.41, 5.74) is 1.29. The molecule has 0 amide bonds. The highest BCUT2D eigenvalue weighted by molar-refractivity contribution is 7.79. The summed E-state index contributed by atoms with van der Waals surface area (Å²) < 4.78 is 5.75. The molecule has 2 aliphatic heterocycles. The summed E-state index contributed by atoms with van der Waals surface area (Å²) in [6.07, 6.45) is 6.88. The normalized spacial score (nSPS) is 32.0. The summed E-state index contributed by atoms with van der Waals surface area (Å²) in [6.45, 7) is 3.82. The molecule has 2 fully saturated rings. The zero-order chi connectivity index (χ0) is 13.8. The van der Waals surface area contributed by atoms with E-state index in [1.807, 2.05) is 17.9 Å². The van der Waals surface area contributed by atoms with Gasteiger partial charge in [0.2, 0.25) is 0 Å². The summed E-state index contributed by atoms with van der Waals surface area (Å²) in [5, 5.41) is 1.57. The molecule has 2 rings (SSSR count). The summed E-state index contributed by atoms with van der Waals surface area (Å²) in [7, 11) is 2.09. The third-order valence-corrected chi connectivity index (χ3v) is 3.93. The summed E-state index contributed by atoms with van der Waals surface area (Å²) >= 11 is 4.96. The molecule has 2 saturated heterocycles. The van der Waals surface area contributed by atoms with E-state index in [2.05, 4.69) is 18.0 Å². The maximum absolute atomic E-state index is 11.3. The van der Waals surface area contributed by atoms with E-state index in [9.17, 15) is 4.79 Å². The first kappa shape index (κ1) is 14.2. The van der Waals surface area contributed by atoms with Crippen LogP contribution in [-0.4, -0.2) is 53.9 Å². The Morgan fingerprint density at radius 3 is 2.79 bits per heavy atom. The van der Waals surface area contributed by atoms with Crippen LogP contribution >= 0.6 is 12.2 Å². The van der Waals surface area contributed by atoms with E-state index < -0.39 is 0 Å². The number of carbonyl (C=O) groups is 1. The molecule has 5 heteroatoms. The van der Waals surface area contributed by atoms with Crippen LogP contribution in [-0.2, 0) is 9.53 Å². The summed E-state index contributed by atoms with van der Waals surface area (Å²) in [4.78, 5) is 15.4. The molecule has 2 unspecified atom stereocenters. The fraction of sp³-hybridized carbons (Fsp3) is 0.571. The van der Waals surface area contributed by atoms with Gasteiger partial charge in [0.1, 0.15) is 18.1 Å². The second-order valence-electron chi connectivity index (χ2n) is 4.81. The lowest BCUT2D eigenvalue weighted by atomic mass is 10.2. The van der Waals surface area contributed by atoms with Gasteiger partial charge in [0, 0.05) is 31.2 Å². The molecule has 0 bridgehead atoms. The number of likely N-dealkylation sites (N-methyl/N-ethyl adjacent to an activating group) is 1. The lowest BCUT2D eigenvalue weighted by Gasteiger charge is -2.18. The lowest BCUT2D eigenvalue weighted by molar-refractivity contribution is -0.110. The van der Waals surface area contributed by atoms with E-state index >= 15 is 0 Å². The number of allylic oxidation sites excluding steroid dienone is 3. The van der Waals surface area contributed by atoms with Gasteiger partial charge in [0.25, 0.3) is 0 Å². The fourth-order valence-corrected chi connectivity index (χ4v) is 2.80. The topological polar surface area (TPSA) is 32.8 Å². The van der Waals surface area contributed by atoms with Crippen LogP contribution in [0, 0.1) is 0 Å². The molecule has 0 aliphatic carbocycles. The second kappa shape index (κ2) is 6.30. The van der Waals surface area contributed by atoms with E-state index in [4.69, 9.17) is 17.0 Å². The highest BCUT2D eigenvalue weighted by Gasteiger charge is 2.36. The van der Waals surface area contributed by atoms with Gasteiger partial charge in [-0.3, -0.25) is 0 Å². The number of aldehydes is 1. The van der Waals surface area contributed by atoms with Crippen LogP contribution in [0.2, 0.25) is 0 Å². The van der Waals surface area contributed by atoms with E-state index in [1.165, 1.54) is 12.1 Å². The van der Waals surface area contributed by atoms with E-state index in [1.54, 1.807) is 5.37 Å². The van der Waals surface area contributed by atoms with Crippen molar-refractivity contribution in [2.24, 2.45) is 0 Å². The van der Waals surface area contributed by atoms with Crippen LogP contribution in [0.4, 0.5) is 0 Å². The summed E-state index contributed by atoms with van der Waals surface area (Å²) in [5.74, 6) is 0.691. The minimum atomic E-state index is -0.322. The van der Waals surface area contributed by atoms with Crippen molar-refractivity contribution < 1.29 is 9.53 Å². The molecule has 0 N–H and O–H groups in total. The van der Waals surface area contributed by atoms with E-state index in [0.29, 0.717) is 5.76 Å². The molecule has 0 saturated carbocycles. The smallest absolute Gasteiger partial charge is 0.182 e. The van der Waals surface area contributed by atoms with Gasteiger partial charge in [0.15, 0.2) is 6.23 Å². The zero-order valence-corrected chi connectivity index (χ0v) is 12.2. The highest BCUT2D eigenvalue weighted by Crippen LogP contribution is 2.25. The van der Waals surface area contributed by atoms with Gasteiger partial charge >= 0.3 is 0 Å². The average molecular weight is 280 g/mol. The first-order valence-electron chi connectivity index (χ1n) is 6.66. The Bertz CT molecular complexity index is 420. The number of likely N-dealkylation sites (tertiary alicyclic amines) is 1. The fourth-order valence-electron chi connectivity index (χ4n) is 2.58. The quantitative estimate of drug-likeness (QED) is 0.578. The van der Waals surface area contributed by atoms with Crippen LogP contribution in [0.1, 0.15) is 19.8 Å². The maximum Gasteiger partial charge on any atom is 0.182 e. The minimum absolute atomic E-state index is 0.277. The van der Waals surface area contributed by atoms with Crippen LogP contribution in [0.25, 0.3) is 0 Å². The van der Waals surface area contributed by atoms with Crippen LogP contribution < -0.4 is 0 Å². The van der Waals surface area contributed by atoms with Gasteiger partial charge in [-0.05, 0) is 25.0 Å². The van der Waals surface area contributed by atoms with Gasteiger partial charge in [-0.25, -0.2) is 4.90 Å². The first-order valence-corrected chi connectivity index (χ1v) is 7.13. The van der Waals surface area contributed by atoms with Gasteiger partial charge < -0.3 is 14.4 Å². The van der Waals surface area contributed by atoms with E-state index in [-0.39, 0.29) is 12.3 Å². The predicted molar refractivity (Wildman–Crippen MR) is 78.8 cm³/mol. The molecule has 4 nitrogen and oxygen atoms in total. The van der Waals surface area contributed by atoms with Crippen LogP contribution in [0.5, 0.6) is 0 Å². The van der Waals surface area contributed by atoms with Gasteiger partial charge in [-0.1, -0.05) is 19.1 Å². The Kier molecular flexibility index (Phi) is 4.71. The molecular formula is C14H20N2O2S. The SMILES string of the molecule is CCN1C(C=S)OC(=CC=C2CCCN2C)C1C=O. The molecule has 0 aromatic rings. The van der Waals surface area contributed by atoms with Crippen molar-refractivity contribution in [2.75, 3.05) is 20.1 Å². The number of carbonyl (C=O) groups excluding carboxylic acids is 1. The molecule has 19 heavy (non-hydrogen) atoms. The third-order valence-electron chi connectivity index (χ3n) is 3.70. The van der Waals surface area contributed by atoms with Crippen molar-refractivity contribution in [3.63, 3.8) is 0 Å². The molecule has 2 aliphatic rings. The number of rotatable bonds is 4. The first-order chi connectivity index (χ1) is 9.21. The highest BCUT2D eigenvalue weighted by atomic mass is 32.1. The molecule has 2 heterocycles. The Balaban J connectivity index is 2.19. The maximum atomic E-state index is 11.3. The van der Waals surface area contributed by atoms with Crippen molar-refractivity contribution in [1.82, 2.24) is 9.80 Å². The molecule has 0 aromatic carbocycles.